The molecule has 31 heavy (non-hydrogen) atoms. The number of aliphatic carboxylic acids is 2. The van der Waals surface area contributed by atoms with Gasteiger partial charge in [-0.1, -0.05) is 23.7 Å². The number of thiophene rings is 1. The van der Waals surface area contributed by atoms with Crippen molar-refractivity contribution in [3.63, 3.8) is 0 Å². The van der Waals surface area contributed by atoms with E-state index >= 15 is 0 Å². The maximum absolute atomic E-state index is 11.0. The minimum absolute atomic E-state index is 0.688. The summed E-state index contributed by atoms with van der Waals surface area (Å²) in [5.41, 5.74) is 1.93. The van der Waals surface area contributed by atoms with Crippen molar-refractivity contribution in [2.45, 2.75) is 50.0 Å². The highest BCUT2D eigenvalue weighted by atomic mass is 35.5. The molecule has 0 bridgehead atoms. The minimum atomic E-state index is -1.82. The third-order valence-electron chi connectivity index (χ3n) is 6.22. The van der Waals surface area contributed by atoms with Crippen molar-refractivity contribution in [1.82, 2.24) is 4.90 Å². The second kappa shape index (κ2) is 10.6. The summed E-state index contributed by atoms with van der Waals surface area (Å²) in [5, 5.41) is 28.8. The van der Waals surface area contributed by atoms with Crippen molar-refractivity contribution in [1.29, 1.82) is 0 Å². The molecule has 1 aliphatic heterocycles. The lowest BCUT2D eigenvalue weighted by Crippen LogP contribution is -2.43. The summed E-state index contributed by atoms with van der Waals surface area (Å²) in [5.74, 6) is -2.91. The zero-order chi connectivity index (χ0) is 22.4. The number of hydrogen-bond donors (Lipinski definition) is 3. The third-order valence-corrected chi connectivity index (χ3v) is 7.47. The smallest absolute Gasteiger partial charge is 0.414 e. The fourth-order valence-electron chi connectivity index (χ4n) is 4.42. The van der Waals surface area contributed by atoms with Crippen LogP contribution < -0.4 is 0 Å². The van der Waals surface area contributed by atoms with Crippen LogP contribution in [0.15, 0.2) is 35.7 Å². The molecule has 1 fully saturated rings. The van der Waals surface area contributed by atoms with Gasteiger partial charge in [0.2, 0.25) is 0 Å². The first-order chi connectivity index (χ1) is 14.8. The zero-order valence-corrected chi connectivity index (χ0v) is 18.9. The number of aliphatic hydroxyl groups is 1. The number of carbonyl (C=O) groups is 2. The van der Waals surface area contributed by atoms with Gasteiger partial charge in [-0.3, -0.25) is 0 Å². The monoisotopic (exact) mass is 465 g/mol. The molecule has 0 spiro atoms. The van der Waals surface area contributed by atoms with E-state index in [0.717, 1.165) is 49.0 Å². The predicted molar refractivity (Wildman–Crippen MR) is 121 cm³/mol. The molecule has 1 aromatic carbocycles. The molecule has 4 rings (SSSR count). The van der Waals surface area contributed by atoms with Gasteiger partial charge in [0.05, 0.1) is 5.60 Å². The lowest BCUT2D eigenvalue weighted by molar-refractivity contribution is -0.159. The highest BCUT2D eigenvalue weighted by Crippen LogP contribution is 2.38. The number of carboxylic acid groups (broad SMARTS) is 2. The van der Waals surface area contributed by atoms with E-state index in [2.05, 4.69) is 16.3 Å². The molecule has 168 valence electrons. The first-order valence-corrected chi connectivity index (χ1v) is 11.8. The molecule has 1 saturated heterocycles. The number of halogens is 1. The summed E-state index contributed by atoms with van der Waals surface area (Å²) in [4.78, 5) is 22.3. The molecule has 3 N–H and O–H groups in total. The van der Waals surface area contributed by atoms with Crippen LogP contribution in [0.2, 0.25) is 5.02 Å². The zero-order valence-electron chi connectivity index (χ0n) is 17.3. The molecule has 1 aliphatic carbocycles. The average Bonchev–Trinajstić information content (AvgIpc) is 3.24. The topological polar surface area (TPSA) is 98.1 Å². The average molecular weight is 466 g/mol. The quantitative estimate of drug-likeness (QED) is 0.580. The number of rotatable bonds is 4. The van der Waals surface area contributed by atoms with Gasteiger partial charge in [-0.05, 0) is 85.7 Å². The van der Waals surface area contributed by atoms with Crippen LogP contribution in [0.25, 0.3) is 0 Å². The van der Waals surface area contributed by atoms with Crippen molar-refractivity contribution in [3.8, 4) is 0 Å². The summed E-state index contributed by atoms with van der Waals surface area (Å²) < 4.78 is 0. The Kier molecular flexibility index (Phi) is 8.11. The van der Waals surface area contributed by atoms with Crippen molar-refractivity contribution >= 4 is 34.9 Å². The number of nitrogens with zero attached hydrogens (tertiary/aromatic N) is 1. The van der Waals surface area contributed by atoms with Gasteiger partial charge in [0, 0.05) is 23.0 Å². The lowest BCUT2D eigenvalue weighted by Gasteiger charge is -2.39. The number of piperidine rings is 1. The van der Waals surface area contributed by atoms with Gasteiger partial charge in [-0.2, -0.15) is 0 Å². The molecule has 0 radical (unpaired) electrons. The standard InChI is InChI=1S/C21H26ClNOS.C2H2O4/c22-18-6-4-17(5-7-18)21(24)10-13-23(14-11-21)12-8-16-2-1-3-20-19(16)9-15-25-20;3-1(4)2(5)6/h4-7,9,15-16,24H,1-3,8,10-14H2;(H,3,4)(H,5,6). The molecule has 2 aromatic rings. The van der Waals surface area contributed by atoms with Gasteiger partial charge in [-0.15, -0.1) is 11.3 Å². The first kappa shape index (κ1) is 23.7. The predicted octanol–water partition coefficient (Wildman–Crippen LogP) is 4.35. The lowest BCUT2D eigenvalue weighted by atomic mass is 9.83. The Bertz CT molecular complexity index is 878. The van der Waals surface area contributed by atoms with Crippen LogP contribution in [0.1, 0.15) is 54.0 Å². The molecule has 1 unspecified atom stereocenters. The van der Waals surface area contributed by atoms with Crippen LogP contribution in [-0.4, -0.2) is 51.8 Å². The van der Waals surface area contributed by atoms with Crippen molar-refractivity contribution in [2.24, 2.45) is 0 Å². The molecule has 0 amide bonds. The summed E-state index contributed by atoms with van der Waals surface area (Å²) in [7, 11) is 0. The molecule has 0 saturated carbocycles. The van der Waals surface area contributed by atoms with Gasteiger partial charge < -0.3 is 20.2 Å². The van der Waals surface area contributed by atoms with E-state index < -0.39 is 17.5 Å². The highest BCUT2D eigenvalue weighted by molar-refractivity contribution is 7.10. The van der Waals surface area contributed by atoms with E-state index in [4.69, 9.17) is 31.4 Å². The Balaban J connectivity index is 0.000000401. The number of fused-ring (bicyclic) bond motifs is 1. The van der Waals surface area contributed by atoms with Crippen LogP contribution >= 0.6 is 22.9 Å². The molecule has 8 heteroatoms. The van der Waals surface area contributed by atoms with Crippen LogP contribution in [0.3, 0.4) is 0 Å². The molecule has 1 aromatic heterocycles. The number of hydrogen-bond acceptors (Lipinski definition) is 5. The van der Waals surface area contributed by atoms with Gasteiger partial charge in [-0.25, -0.2) is 9.59 Å². The largest absolute Gasteiger partial charge is 0.473 e. The normalized spacial score (nSPS) is 20.3. The molecular formula is C23H28ClNO5S. The second-order valence-corrected chi connectivity index (χ2v) is 9.60. The number of likely N-dealkylation sites (tertiary alicyclic amines) is 1. The van der Waals surface area contributed by atoms with E-state index in [1.54, 1.807) is 10.4 Å². The Labute approximate surface area is 191 Å². The van der Waals surface area contributed by atoms with Gasteiger partial charge in [0.1, 0.15) is 0 Å². The Hall–Kier alpha value is -1.93. The molecule has 2 heterocycles. The Morgan fingerprint density at radius 2 is 1.74 bits per heavy atom. The van der Waals surface area contributed by atoms with Crippen LogP contribution in [0.5, 0.6) is 0 Å². The maximum Gasteiger partial charge on any atom is 0.414 e. The first-order valence-electron chi connectivity index (χ1n) is 10.5. The van der Waals surface area contributed by atoms with Gasteiger partial charge in [0.15, 0.2) is 0 Å². The van der Waals surface area contributed by atoms with E-state index in [0.29, 0.717) is 0 Å². The SMILES string of the molecule is O=C(O)C(=O)O.OC1(c2ccc(Cl)cc2)CCN(CCC2CCCc3sccc32)CC1. The summed E-state index contributed by atoms with van der Waals surface area (Å²) in [6.07, 6.45) is 6.83. The van der Waals surface area contributed by atoms with Crippen molar-refractivity contribution in [2.75, 3.05) is 19.6 Å². The van der Waals surface area contributed by atoms with Crippen molar-refractivity contribution < 1.29 is 24.9 Å². The van der Waals surface area contributed by atoms with E-state index in [9.17, 15) is 5.11 Å². The number of carboxylic acids is 2. The van der Waals surface area contributed by atoms with Crippen LogP contribution in [-0.2, 0) is 21.6 Å². The Morgan fingerprint density at radius 1 is 1.10 bits per heavy atom. The minimum Gasteiger partial charge on any atom is -0.473 e. The second-order valence-electron chi connectivity index (χ2n) is 8.17. The van der Waals surface area contributed by atoms with E-state index in [1.165, 1.54) is 25.7 Å². The van der Waals surface area contributed by atoms with Crippen LogP contribution in [0, 0.1) is 0 Å². The third kappa shape index (κ3) is 6.29. The molecular weight excluding hydrogens is 438 g/mol. The van der Waals surface area contributed by atoms with Gasteiger partial charge in [0.25, 0.3) is 0 Å². The molecule has 1 atom stereocenters. The summed E-state index contributed by atoms with van der Waals surface area (Å²) >= 11 is 7.91. The fourth-order valence-corrected chi connectivity index (χ4v) is 5.55. The molecule has 6 nitrogen and oxygen atoms in total. The van der Waals surface area contributed by atoms with Crippen molar-refractivity contribution in [3.05, 3.63) is 56.7 Å². The molecule has 2 aliphatic rings. The number of aryl methyl sites for hydroxylation is 1. The van der Waals surface area contributed by atoms with E-state index in [1.807, 2.05) is 35.6 Å². The highest BCUT2D eigenvalue weighted by Gasteiger charge is 2.34. The number of benzene rings is 1. The summed E-state index contributed by atoms with van der Waals surface area (Å²) in [6, 6.07) is 10.0. The van der Waals surface area contributed by atoms with Crippen LogP contribution in [0.4, 0.5) is 0 Å². The fraction of sp³-hybridized carbons (Fsp3) is 0.478. The van der Waals surface area contributed by atoms with Gasteiger partial charge >= 0.3 is 11.9 Å². The maximum atomic E-state index is 11.0. The van der Waals surface area contributed by atoms with E-state index in [-0.39, 0.29) is 0 Å². The summed E-state index contributed by atoms with van der Waals surface area (Å²) in [6.45, 7) is 3.10. The Morgan fingerprint density at radius 3 is 2.35 bits per heavy atom.